The van der Waals surface area contributed by atoms with Crippen molar-refractivity contribution in [1.82, 2.24) is 9.29 Å². The van der Waals surface area contributed by atoms with Crippen LogP contribution in [0.25, 0.3) is 11.1 Å². The zero-order valence-electron chi connectivity index (χ0n) is 19.2. The lowest BCUT2D eigenvalue weighted by molar-refractivity contribution is -0.120. The van der Waals surface area contributed by atoms with Gasteiger partial charge in [-0.15, -0.1) is 0 Å². The van der Waals surface area contributed by atoms with E-state index in [4.69, 9.17) is 4.42 Å². The number of benzene rings is 2. The lowest BCUT2D eigenvalue weighted by atomic mass is 9.96. The standard InChI is InChI=1S/C24H30N4O4S/c1-4-28(5-2)33(30,31)22-16-19(11-10-17(22)3)25-23(29)18-12-14-27(15-13-18)24-26-20-8-6-7-9-21(20)32-24/h6-11,16,18H,4-5,12-15H2,1-3H3,(H,25,29). The van der Waals surface area contributed by atoms with E-state index in [2.05, 4.69) is 15.2 Å². The van der Waals surface area contributed by atoms with Crippen LogP contribution < -0.4 is 10.2 Å². The number of nitrogens with zero attached hydrogens (tertiary/aromatic N) is 3. The van der Waals surface area contributed by atoms with E-state index in [0.717, 1.165) is 11.1 Å². The highest BCUT2D eigenvalue weighted by molar-refractivity contribution is 7.89. The van der Waals surface area contributed by atoms with Crippen molar-refractivity contribution in [2.75, 3.05) is 36.4 Å². The molecule has 0 spiro atoms. The van der Waals surface area contributed by atoms with Gasteiger partial charge in [-0.05, 0) is 49.6 Å². The maximum absolute atomic E-state index is 13.0. The number of para-hydroxylation sites is 2. The number of nitrogens with one attached hydrogen (secondary N) is 1. The van der Waals surface area contributed by atoms with Gasteiger partial charge in [0, 0.05) is 37.8 Å². The molecule has 1 fully saturated rings. The molecule has 8 nitrogen and oxygen atoms in total. The second kappa shape index (κ2) is 9.52. The highest BCUT2D eigenvalue weighted by atomic mass is 32.2. The van der Waals surface area contributed by atoms with Gasteiger partial charge in [0.15, 0.2) is 5.58 Å². The Balaban J connectivity index is 1.42. The van der Waals surface area contributed by atoms with Crippen LogP contribution in [0.2, 0.25) is 0 Å². The summed E-state index contributed by atoms with van der Waals surface area (Å²) in [4.78, 5) is 19.7. The summed E-state index contributed by atoms with van der Waals surface area (Å²) in [6.07, 6.45) is 1.34. The number of carbonyl (C=O) groups excluding carboxylic acids is 1. The molecule has 0 bridgehead atoms. The van der Waals surface area contributed by atoms with E-state index in [-0.39, 0.29) is 16.7 Å². The number of hydrogen-bond acceptors (Lipinski definition) is 6. The highest BCUT2D eigenvalue weighted by Crippen LogP contribution is 2.28. The number of oxazole rings is 1. The lowest BCUT2D eigenvalue weighted by Crippen LogP contribution is -2.38. The molecule has 0 unspecified atom stereocenters. The first-order chi connectivity index (χ1) is 15.8. The Morgan fingerprint density at radius 2 is 1.85 bits per heavy atom. The minimum absolute atomic E-state index is 0.0951. The number of aryl methyl sites for hydroxylation is 1. The summed E-state index contributed by atoms with van der Waals surface area (Å²) in [7, 11) is -3.61. The molecule has 1 aliphatic rings. The molecule has 0 atom stereocenters. The van der Waals surface area contributed by atoms with E-state index < -0.39 is 10.0 Å². The van der Waals surface area contributed by atoms with Crippen LogP contribution >= 0.6 is 0 Å². The van der Waals surface area contributed by atoms with Crippen LogP contribution in [-0.2, 0) is 14.8 Å². The Morgan fingerprint density at radius 1 is 1.15 bits per heavy atom. The predicted octanol–water partition coefficient (Wildman–Crippen LogP) is 4.02. The minimum atomic E-state index is -3.61. The first kappa shape index (κ1) is 23.3. The first-order valence-electron chi connectivity index (χ1n) is 11.4. The van der Waals surface area contributed by atoms with Crippen LogP contribution in [0.4, 0.5) is 11.7 Å². The number of aromatic nitrogens is 1. The second-order valence-electron chi connectivity index (χ2n) is 8.28. The molecular formula is C24H30N4O4S. The van der Waals surface area contributed by atoms with Crippen molar-refractivity contribution in [3.63, 3.8) is 0 Å². The molecule has 0 aliphatic carbocycles. The predicted molar refractivity (Wildman–Crippen MR) is 129 cm³/mol. The normalized spacial score (nSPS) is 15.3. The Kier molecular flexibility index (Phi) is 6.71. The van der Waals surface area contributed by atoms with Crippen LogP contribution in [0, 0.1) is 12.8 Å². The number of sulfonamides is 1. The van der Waals surface area contributed by atoms with Crippen molar-refractivity contribution < 1.29 is 17.6 Å². The third kappa shape index (κ3) is 4.74. The van der Waals surface area contributed by atoms with Crippen molar-refractivity contribution in [3.05, 3.63) is 48.0 Å². The summed E-state index contributed by atoms with van der Waals surface area (Å²) in [5, 5.41) is 2.92. The Morgan fingerprint density at radius 3 is 2.52 bits per heavy atom. The first-order valence-corrected chi connectivity index (χ1v) is 12.8. The summed E-state index contributed by atoms with van der Waals surface area (Å²) < 4.78 is 33.2. The highest BCUT2D eigenvalue weighted by Gasteiger charge is 2.28. The largest absolute Gasteiger partial charge is 0.423 e. The molecule has 1 N–H and O–H groups in total. The Labute approximate surface area is 194 Å². The number of piperidine rings is 1. The molecule has 0 saturated carbocycles. The minimum Gasteiger partial charge on any atom is -0.423 e. The van der Waals surface area contributed by atoms with Gasteiger partial charge >= 0.3 is 0 Å². The van der Waals surface area contributed by atoms with E-state index in [1.807, 2.05) is 38.1 Å². The van der Waals surface area contributed by atoms with E-state index >= 15 is 0 Å². The number of anilines is 2. The van der Waals surface area contributed by atoms with Gasteiger partial charge in [0.1, 0.15) is 5.52 Å². The van der Waals surface area contributed by atoms with Gasteiger partial charge in [0.2, 0.25) is 15.9 Å². The van der Waals surface area contributed by atoms with Gasteiger partial charge < -0.3 is 14.6 Å². The summed E-state index contributed by atoms with van der Waals surface area (Å²) >= 11 is 0. The van der Waals surface area contributed by atoms with E-state index in [1.54, 1.807) is 25.1 Å². The number of fused-ring (bicyclic) bond motifs is 1. The smallest absolute Gasteiger partial charge is 0.298 e. The quantitative estimate of drug-likeness (QED) is 0.560. The van der Waals surface area contributed by atoms with Crippen molar-refractivity contribution in [2.45, 2.75) is 38.5 Å². The number of amides is 1. The number of rotatable bonds is 7. The van der Waals surface area contributed by atoms with Gasteiger partial charge in [-0.25, -0.2) is 8.42 Å². The van der Waals surface area contributed by atoms with Crippen LogP contribution in [0.5, 0.6) is 0 Å². The molecule has 1 saturated heterocycles. The van der Waals surface area contributed by atoms with E-state index in [9.17, 15) is 13.2 Å². The monoisotopic (exact) mass is 470 g/mol. The molecular weight excluding hydrogens is 440 g/mol. The van der Waals surface area contributed by atoms with Gasteiger partial charge in [0.05, 0.1) is 4.90 Å². The maximum Gasteiger partial charge on any atom is 0.298 e. The van der Waals surface area contributed by atoms with Gasteiger partial charge in [-0.2, -0.15) is 9.29 Å². The molecule has 176 valence electrons. The van der Waals surface area contributed by atoms with Crippen molar-refractivity contribution in [1.29, 1.82) is 0 Å². The molecule has 3 aromatic rings. The fourth-order valence-electron chi connectivity index (χ4n) is 4.23. The van der Waals surface area contributed by atoms with Crippen molar-refractivity contribution >= 4 is 38.7 Å². The van der Waals surface area contributed by atoms with Gasteiger partial charge in [0.25, 0.3) is 6.01 Å². The molecule has 2 heterocycles. The Hall–Kier alpha value is -2.91. The number of hydrogen-bond donors (Lipinski definition) is 1. The molecule has 1 amide bonds. The van der Waals surface area contributed by atoms with Gasteiger partial charge in [-0.1, -0.05) is 32.0 Å². The third-order valence-electron chi connectivity index (χ3n) is 6.20. The van der Waals surface area contributed by atoms with Crippen LogP contribution in [0.15, 0.2) is 51.8 Å². The van der Waals surface area contributed by atoms with Crippen molar-refractivity contribution in [2.24, 2.45) is 5.92 Å². The topological polar surface area (TPSA) is 95.8 Å². The van der Waals surface area contributed by atoms with Crippen LogP contribution in [0.1, 0.15) is 32.3 Å². The van der Waals surface area contributed by atoms with Gasteiger partial charge in [-0.3, -0.25) is 4.79 Å². The zero-order valence-corrected chi connectivity index (χ0v) is 20.1. The SMILES string of the molecule is CCN(CC)S(=O)(=O)c1cc(NC(=O)C2CCN(c3nc4ccccc4o3)CC2)ccc1C. The van der Waals surface area contributed by atoms with E-state index in [1.165, 1.54) is 4.31 Å². The zero-order chi connectivity index (χ0) is 23.6. The lowest BCUT2D eigenvalue weighted by Gasteiger charge is -2.30. The summed E-state index contributed by atoms with van der Waals surface area (Å²) in [5.41, 5.74) is 2.73. The molecule has 0 radical (unpaired) electrons. The third-order valence-corrected chi connectivity index (χ3v) is 8.39. The summed E-state index contributed by atoms with van der Waals surface area (Å²) in [6, 6.07) is 13.3. The summed E-state index contributed by atoms with van der Waals surface area (Å²) in [5.74, 6) is -0.253. The fourth-order valence-corrected chi connectivity index (χ4v) is 5.94. The molecule has 1 aromatic heterocycles. The van der Waals surface area contributed by atoms with Crippen molar-refractivity contribution in [3.8, 4) is 0 Å². The molecule has 9 heteroatoms. The average molecular weight is 471 g/mol. The average Bonchev–Trinajstić information content (AvgIpc) is 3.25. The fraction of sp³-hybridized carbons (Fsp3) is 0.417. The summed E-state index contributed by atoms with van der Waals surface area (Å²) in [6.45, 7) is 7.52. The number of carbonyl (C=O) groups is 1. The maximum atomic E-state index is 13.0. The molecule has 33 heavy (non-hydrogen) atoms. The van der Waals surface area contributed by atoms with Crippen LogP contribution in [0.3, 0.4) is 0 Å². The van der Waals surface area contributed by atoms with Crippen LogP contribution in [-0.4, -0.2) is 49.8 Å². The van der Waals surface area contributed by atoms with E-state index in [0.29, 0.717) is 56.3 Å². The molecule has 2 aromatic carbocycles. The second-order valence-corrected chi connectivity index (χ2v) is 10.2. The molecule has 4 rings (SSSR count). The Bertz CT molecular complexity index is 1210. The molecule has 1 aliphatic heterocycles.